The fraction of sp³-hybridized carbons (Fsp3) is 0.286. The predicted octanol–water partition coefficient (Wildman–Crippen LogP) is 2.29. The van der Waals surface area contributed by atoms with E-state index in [2.05, 4.69) is 0 Å². The molecule has 19 heavy (non-hydrogen) atoms. The fourth-order valence-corrected chi connectivity index (χ4v) is 1.87. The zero-order valence-corrected chi connectivity index (χ0v) is 10.9. The summed E-state index contributed by atoms with van der Waals surface area (Å²) in [6.07, 6.45) is 0. The molecule has 1 N–H and O–H groups in total. The second-order valence-corrected chi connectivity index (χ2v) is 4.22. The summed E-state index contributed by atoms with van der Waals surface area (Å²) in [4.78, 5) is 23.4. The van der Waals surface area contributed by atoms with Crippen molar-refractivity contribution in [3.8, 4) is 5.75 Å². The summed E-state index contributed by atoms with van der Waals surface area (Å²) in [5.41, 5.74) is 0.615. The SMILES string of the molecule is CCOC(=O)c1c(O)c2ccc(C)c(C)c2oc1=O. The van der Waals surface area contributed by atoms with Crippen molar-refractivity contribution >= 4 is 16.9 Å². The first kappa shape index (κ1) is 13.1. The molecule has 1 heterocycles. The monoisotopic (exact) mass is 262 g/mol. The van der Waals surface area contributed by atoms with Gasteiger partial charge in [-0.25, -0.2) is 9.59 Å². The Morgan fingerprint density at radius 2 is 2.05 bits per heavy atom. The van der Waals surface area contributed by atoms with Gasteiger partial charge in [0, 0.05) is 0 Å². The van der Waals surface area contributed by atoms with Crippen molar-refractivity contribution in [1.29, 1.82) is 0 Å². The molecule has 0 bridgehead atoms. The number of hydrogen-bond donors (Lipinski definition) is 1. The Balaban J connectivity index is 2.81. The van der Waals surface area contributed by atoms with Crippen molar-refractivity contribution < 1.29 is 19.1 Å². The number of benzene rings is 1. The number of esters is 1. The van der Waals surface area contributed by atoms with Gasteiger partial charge in [0.15, 0.2) is 5.56 Å². The Morgan fingerprint density at radius 3 is 2.68 bits per heavy atom. The third-order valence-corrected chi connectivity index (χ3v) is 3.05. The van der Waals surface area contributed by atoms with E-state index in [0.29, 0.717) is 5.39 Å². The van der Waals surface area contributed by atoms with E-state index in [-0.39, 0.29) is 12.2 Å². The van der Waals surface area contributed by atoms with Crippen molar-refractivity contribution in [2.75, 3.05) is 6.61 Å². The summed E-state index contributed by atoms with van der Waals surface area (Å²) in [7, 11) is 0. The molecule has 0 unspecified atom stereocenters. The molecule has 0 atom stereocenters. The smallest absolute Gasteiger partial charge is 0.354 e. The van der Waals surface area contributed by atoms with Gasteiger partial charge >= 0.3 is 11.6 Å². The zero-order chi connectivity index (χ0) is 14.2. The molecule has 0 aliphatic rings. The number of carbonyl (C=O) groups is 1. The van der Waals surface area contributed by atoms with Crippen LogP contribution in [0.2, 0.25) is 0 Å². The van der Waals surface area contributed by atoms with Crippen LogP contribution in [0.5, 0.6) is 5.75 Å². The highest BCUT2D eigenvalue weighted by atomic mass is 16.5. The molecule has 0 aliphatic heterocycles. The Bertz CT molecular complexity index is 712. The van der Waals surface area contributed by atoms with Gasteiger partial charge in [-0.1, -0.05) is 6.07 Å². The first-order valence-electron chi connectivity index (χ1n) is 5.90. The van der Waals surface area contributed by atoms with Gasteiger partial charge in [-0.05, 0) is 38.0 Å². The van der Waals surface area contributed by atoms with Gasteiger partial charge in [-0.2, -0.15) is 0 Å². The highest BCUT2D eigenvalue weighted by molar-refractivity contribution is 5.99. The molecule has 0 aliphatic carbocycles. The van der Waals surface area contributed by atoms with E-state index in [1.807, 2.05) is 6.92 Å². The number of carbonyl (C=O) groups excluding carboxylic acids is 1. The zero-order valence-electron chi connectivity index (χ0n) is 10.9. The van der Waals surface area contributed by atoms with Crippen LogP contribution >= 0.6 is 0 Å². The van der Waals surface area contributed by atoms with Crippen LogP contribution in [-0.4, -0.2) is 17.7 Å². The molecule has 0 fully saturated rings. The van der Waals surface area contributed by atoms with E-state index in [4.69, 9.17) is 9.15 Å². The predicted molar refractivity (Wildman–Crippen MR) is 69.6 cm³/mol. The van der Waals surface area contributed by atoms with Crippen molar-refractivity contribution in [2.45, 2.75) is 20.8 Å². The fourth-order valence-electron chi connectivity index (χ4n) is 1.87. The van der Waals surface area contributed by atoms with Crippen LogP contribution in [0, 0.1) is 13.8 Å². The van der Waals surface area contributed by atoms with Crippen LogP contribution in [0.15, 0.2) is 21.3 Å². The number of fused-ring (bicyclic) bond motifs is 1. The maximum absolute atomic E-state index is 11.8. The second-order valence-electron chi connectivity index (χ2n) is 4.22. The lowest BCUT2D eigenvalue weighted by Gasteiger charge is -2.08. The topological polar surface area (TPSA) is 76.7 Å². The maximum Gasteiger partial charge on any atom is 0.354 e. The largest absolute Gasteiger partial charge is 0.506 e. The van der Waals surface area contributed by atoms with Crippen LogP contribution in [0.25, 0.3) is 11.0 Å². The van der Waals surface area contributed by atoms with Gasteiger partial charge < -0.3 is 14.3 Å². The molecule has 1 aromatic heterocycles. The number of rotatable bonds is 2. The molecule has 0 amide bonds. The molecule has 0 spiro atoms. The van der Waals surface area contributed by atoms with Gasteiger partial charge in [-0.3, -0.25) is 0 Å². The van der Waals surface area contributed by atoms with Gasteiger partial charge in [-0.15, -0.1) is 0 Å². The Kier molecular flexibility index (Phi) is 3.29. The molecule has 5 nitrogen and oxygen atoms in total. The van der Waals surface area contributed by atoms with Crippen LogP contribution < -0.4 is 5.63 Å². The highest BCUT2D eigenvalue weighted by Crippen LogP contribution is 2.30. The van der Waals surface area contributed by atoms with Gasteiger partial charge in [0.2, 0.25) is 0 Å². The second kappa shape index (κ2) is 4.76. The van der Waals surface area contributed by atoms with Crippen LogP contribution in [-0.2, 0) is 4.74 Å². The minimum Gasteiger partial charge on any atom is -0.506 e. The Labute approximate surface area is 109 Å². The first-order chi connectivity index (χ1) is 8.97. The molecule has 1 aromatic carbocycles. The van der Waals surface area contributed by atoms with E-state index in [9.17, 15) is 14.7 Å². The number of aryl methyl sites for hydroxylation is 2. The molecule has 5 heteroatoms. The van der Waals surface area contributed by atoms with E-state index < -0.39 is 22.9 Å². The Hall–Kier alpha value is -2.30. The van der Waals surface area contributed by atoms with E-state index in [1.165, 1.54) is 0 Å². The van der Waals surface area contributed by atoms with Crippen molar-refractivity contribution in [3.05, 3.63) is 39.2 Å². The van der Waals surface area contributed by atoms with E-state index >= 15 is 0 Å². The number of aromatic hydroxyl groups is 1. The lowest BCUT2D eigenvalue weighted by atomic mass is 10.0. The van der Waals surface area contributed by atoms with Crippen molar-refractivity contribution in [2.24, 2.45) is 0 Å². The van der Waals surface area contributed by atoms with Crippen molar-refractivity contribution in [1.82, 2.24) is 0 Å². The van der Waals surface area contributed by atoms with Gasteiger partial charge in [0.25, 0.3) is 0 Å². The van der Waals surface area contributed by atoms with Gasteiger partial charge in [0.05, 0.1) is 12.0 Å². The molecule has 0 saturated heterocycles. The van der Waals surface area contributed by atoms with Gasteiger partial charge in [0.1, 0.15) is 11.3 Å². The molecular formula is C14H14O5. The van der Waals surface area contributed by atoms with Crippen LogP contribution in [0.1, 0.15) is 28.4 Å². The summed E-state index contributed by atoms with van der Waals surface area (Å²) in [5, 5.41) is 10.4. The van der Waals surface area contributed by atoms with Crippen molar-refractivity contribution in [3.63, 3.8) is 0 Å². The van der Waals surface area contributed by atoms with Crippen LogP contribution in [0.4, 0.5) is 0 Å². The summed E-state index contributed by atoms with van der Waals surface area (Å²) in [6, 6.07) is 3.39. The maximum atomic E-state index is 11.8. The molecule has 0 radical (unpaired) electrons. The van der Waals surface area contributed by atoms with E-state index in [0.717, 1.165) is 11.1 Å². The first-order valence-corrected chi connectivity index (χ1v) is 5.90. The lowest BCUT2D eigenvalue weighted by molar-refractivity contribution is 0.0518. The summed E-state index contributed by atoms with van der Waals surface area (Å²) < 4.78 is 9.87. The number of hydrogen-bond acceptors (Lipinski definition) is 5. The molecule has 2 aromatic rings. The minimum absolute atomic E-state index is 0.114. The summed E-state index contributed by atoms with van der Waals surface area (Å²) >= 11 is 0. The standard InChI is InChI=1S/C14H14O5/c1-4-18-13(16)10-11(15)9-6-5-7(2)8(3)12(9)19-14(10)17/h5-6,15H,4H2,1-3H3. The molecular weight excluding hydrogens is 248 g/mol. The molecule has 0 saturated carbocycles. The normalized spacial score (nSPS) is 10.7. The Morgan fingerprint density at radius 1 is 1.37 bits per heavy atom. The average molecular weight is 262 g/mol. The number of ether oxygens (including phenoxy) is 1. The molecule has 2 rings (SSSR count). The minimum atomic E-state index is -0.892. The van der Waals surface area contributed by atoms with Crippen LogP contribution in [0.3, 0.4) is 0 Å². The van der Waals surface area contributed by atoms with E-state index in [1.54, 1.807) is 26.0 Å². The molecule has 100 valence electrons. The summed E-state index contributed by atoms with van der Waals surface area (Å²) in [5.74, 6) is -1.28. The average Bonchev–Trinajstić information content (AvgIpc) is 2.35. The third kappa shape index (κ3) is 2.07. The quantitative estimate of drug-likeness (QED) is 0.663. The highest BCUT2D eigenvalue weighted by Gasteiger charge is 2.22. The lowest BCUT2D eigenvalue weighted by Crippen LogP contribution is -2.17. The third-order valence-electron chi connectivity index (χ3n) is 3.05. The summed E-state index contributed by atoms with van der Waals surface area (Å²) in [6.45, 7) is 5.38.